The predicted octanol–water partition coefficient (Wildman–Crippen LogP) is 1.78. The lowest BCUT2D eigenvalue weighted by atomic mass is 10.2. The highest BCUT2D eigenvalue weighted by Crippen LogP contribution is 2.15. The highest BCUT2D eigenvalue weighted by molar-refractivity contribution is 6.31. The number of nitrogens with one attached hydrogen (secondary N) is 1. The van der Waals surface area contributed by atoms with Crippen molar-refractivity contribution in [2.75, 3.05) is 20.3 Å². The molecule has 3 rings (SSSR count). The largest absolute Gasteiger partial charge is 0.383 e. The summed E-state index contributed by atoms with van der Waals surface area (Å²) in [6.45, 7) is 2.25. The smallest absolute Gasteiger partial charge is 0.352 e. The number of carbonyl (C=O) groups is 1. The monoisotopic (exact) mass is 428 g/mol. The first-order chi connectivity index (χ1) is 14.4. The van der Waals surface area contributed by atoms with Crippen molar-refractivity contribution in [2.45, 2.75) is 13.5 Å². The van der Waals surface area contributed by atoms with Crippen molar-refractivity contribution in [3.05, 3.63) is 91.2 Å². The number of ether oxygens (including phenoxy) is 1. The van der Waals surface area contributed by atoms with Gasteiger partial charge in [-0.05, 0) is 36.2 Å². The SMILES string of the molecule is COCCNC(=O)c1nn(-c2cccc(C)c2)c(=O)n(Cc2ccccc2Cl)c1=O. The summed E-state index contributed by atoms with van der Waals surface area (Å²) in [5, 5.41) is 7.05. The predicted molar refractivity (Wildman–Crippen MR) is 114 cm³/mol. The minimum absolute atomic E-state index is 0.0932. The van der Waals surface area contributed by atoms with Crippen LogP contribution in [0.1, 0.15) is 21.6 Å². The number of hydrogen-bond donors (Lipinski definition) is 1. The average Bonchev–Trinajstić information content (AvgIpc) is 2.72. The van der Waals surface area contributed by atoms with Crippen LogP contribution in [0.5, 0.6) is 0 Å². The van der Waals surface area contributed by atoms with Gasteiger partial charge in [-0.25, -0.2) is 4.79 Å². The maximum atomic E-state index is 13.1. The van der Waals surface area contributed by atoms with E-state index in [1.54, 1.807) is 42.5 Å². The van der Waals surface area contributed by atoms with Crippen LogP contribution in [0.15, 0.2) is 58.1 Å². The van der Waals surface area contributed by atoms with E-state index in [0.29, 0.717) is 16.3 Å². The first kappa shape index (κ1) is 21.5. The zero-order chi connectivity index (χ0) is 21.7. The van der Waals surface area contributed by atoms with E-state index < -0.39 is 17.2 Å². The number of halogens is 1. The second kappa shape index (κ2) is 9.51. The number of aryl methyl sites for hydroxylation is 1. The van der Waals surface area contributed by atoms with E-state index in [9.17, 15) is 14.4 Å². The Morgan fingerprint density at radius 1 is 1.17 bits per heavy atom. The van der Waals surface area contributed by atoms with Crippen LogP contribution in [0.2, 0.25) is 5.02 Å². The quantitative estimate of drug-likeness (QED) is 0.579. The minimum atomic E-state index is -0.793. The number of carbonyl (C=O) groups excluding carboxylic acids is 1. The molecule has 0 aliphatic carbocycles. The molecular weight excluding hydrogens is 408 g/mol. The van der Waals surface area contributed by atoms with Crippen molar-refractivity contribution in [3.63, 3.8) is 0 Å². The van der Waals surface area contributed by atoms with Crippen molar-refractivity contribution in [2.24, 2.45) is 0 Å². The minimum Gasteiger partial charge on any atom is -0.383 e. The zero-order valence-electron chi connectivity index (χ0n) is 16.6. The molecule has 0 spiro atoms. The van der Waals surface area contributed by atoms with Crippen molar-refractivity contribution in [3.8, 4) is 5.69 Å². The van der Waals surface area contributed by atoms with E-state index in [1.165, 1.54) is 7.11 Å². The summed E-state index contributed by atoms with van der Waals surface area (Å²) in [6.07, 6.45) is 0. The molecule has 30 heavy (non-hydrogen) atoms. The van der Waals surface area contributed by atoms with Crippen LogP contribution in [0.4, 0.5) is 0 Å². The molecule has 1 aromatic heterocycles. The van der Waals surface area contributed by atoms with Gasteiger partial charge in [0.25, 0.3) is 11.5 Å². The van der Waals surface area contributed by atoms with Gasteiger partial charge in [0, 0.05) is 18.7 Å². The summed E-state index contributed by atoms with van der Waals surface area (Å²) in [6, 6.07) is 13.9. The van der Waals surface area contributed by atoms with Crippen LogP contribution < -0.4 is 16.6 Å². The standard InChI is InChI=1S/C21H21ClN4O4/c1-14-6-5-8-16(12-14)26-21(29)25(13-15-7-3-4-9-17(15)22)20(28)18(24-26)19(27)23-10-11-30-2/h3-9,12H,10-11,13H2,1-2H3,(H,23,27). The van der Waals surface area contributed by atoms with Gasteiger partial charge < -0.3 is 10.1 Å². The Balaban J connectivity index is 2.17. The fourth-order valence-electron chi connectivity index (χ4n) is 2.87. The Hall–Kier alpha value is -3.23. The van der Waals surface area contributed by atoms with E-state index in [-0.39, 0.29) is 25.4 Å². The van der Waals surface area contributed by atoms with E-state index in [4.69, 9.17) is 16.3 Å². The molecule has 3 aromatic rings. The van der Waals surface area contributed by atoms with Crippen molar-refractivity contribution < 1.29 is 9.53 Å². The molecule has 0 aliphatic rings. The van der Waals surface area contributed by atoms with Crippen molar-refractivity contribution >= 4 is 17.5 Å². The van der Waals surface area contributed by atoms with Gasteiger partial charge in [-0.2, -0.15) is 9.78 Å². The third-order valence-corrected chi connectivity index (χ3v) is 4.77. The Kier molecular flexibility index (Phi) is 6.81. The number of benzene rings is 2. The molecule has 1 amide bonds. The second-order valence-corrected chi connectivity index (χ2v) is 7.02. The Morgan fingerprint density at radius 2 is 1.93 bits per heavy atom. The lowest BCUT2D eigenvalue weighted by molar-refractivity contribution is 0.0927. The van der Waals surface area contributed by atoms with E-state index in [0.717, 1.165) is 14.8 Å². The molecule has 0 saturated carbocycles. The van der Waals surface area contributed by atoms with Crippen molar-refractivity contribution in [1.29, 1.82) is 0 Å². The summed E-state index contributed by atoms with van der Waals surface area (Å²) >= 11 is 6.21. The Labute approximate surface area is 177 Å². The van der Waals surface area contributed by atoms with Gasteiger partial charge >= 0.3 is 5.69 Å². The van der Waals surface area contributed by atoms with Crippen LogP contribution >= 0.6 is 11.6 Å². The Bertz CT molecular complexity index is 1190. The molecule has 2 aromatic carbocycles. The molecule has 0 aliphatic heterocycles. The first-order valence-corrected chi connectivity index (χ1v) is 9.62. The number of nitrogens with zero attached hydrogens (tertiary/aromatic N) is 3. The van der Waals surface area contributed by atoms with Gasteiger partial charge in [0.2, 0.25) is 5.69 Å². The van der Waals surface area contributed by atoms with Crippen LogP contribution in [-0.4, -0.2) is 40.5 Å². The number of amides is 1. The lowest BCUT2D eigenvalue weighted by Gasteiger charge is -2.13. The summed E-state index contributed by atoms with van der Waals surface area (Å²) in [5.74, 6) is -0.689. The lowest BCUT2D eigenvalue weighted by Crippen LogP contribution is -2.46. The van der Waals surface area contributed by atoms with Gasteiger partial charge in [-0.1, -0.05) is 41.9 Å². The number of hydrogen-bond acceptors (Lipinski definition) is 5. The summed E-state index contributed by atoms with van der Waals surface area (Å²) in [4.78, 5) is 38.7. The van der Waals surface area contributed by atoms with Crippen LogP contribution in [0, 0.1) is 6.92 Å². The molecule has 0 atom stereocenters. The molecule has 0 fully saturated rings. The zero-order valence-corrected chi connectivity index (χ0v) is 17.3. The first-order valence-electron chi connectivity index (χ1n) is 9.24. The normalized spacial score (nSPS) is 10.8. The van der Waals surface area contributed by atoms with Gasteiger partial charge in [0.05, 0.1) is 18.8 Å². The van der Waals surface area contributed by atoms with E-state index >= 15 is 0 Å². The number of methoxy groups -OCH3 is 1. The second-order valence-electron chi connectivity index (χ2n) is 6.61. The maximum Gasteiger partial charge on any atom is 0.352 e. The molecule has 1 N–H and O–H groups in total. The van der Waals surface area contributed by atoms with Crippen LogP contribution in [-0.2, 0) is 11.3 Å². The summed E-state index contributed by atoms with van der Waals surface area (Å²) < 4.78 is 6.92. The fraction of sp³-hybridized carbons (Fsp3) is 0.238. The maximum absolute atomic E-state index is 13.1. The van der Waals surface area contributed by atoms with E-state index in [2.05, 4.69) is 10.4 Å². The van der Waals surface area contributed by atoms with Gasteiger partial charge in [0.15, 0.2) is 0 Å². The van der Waals surface area contributed by atoms with Gasteiger partial charge in [-0.15, -0.1) is 0 Å². The number of aromatic nitrogens is 3. The topological polar surface area (TPSA) is 95.2 Å². The van der Waals surface area contributed by atoms with Gasteiger partial charge in [0.1, 0.15) is 0 Å². The molecule has 1 heterocycles. The molecular formula is C21H21ClN4O4. The Morgan fingerprint density at radius 3 is 2.63 bits per heavy atom. The molecule has 0 saturated heterocycles. The fourth-order valence-corrected chi connectivity index (χ4v) is 3.07. The average molecular weight is 429 g/mol. The summed E-state index contributed by atoms with van der Waals surface area (Å²) in [5.41, 5.74) is 0.0677. The third-order valence-electron chi connectivity index (χ3n) is 4.40. The summed E-state index contributed by atoms with van der Waals surface area (Å²) in [7, 11) is 1.50. The van der Waals surface area contributed by atoms with Crippen LogP contribution in [0.25, 0.3) is 5.69 Å². The highest BCUT2D eigenvalue weighted by atomic mass is 35.5. The molecule has 9 heteroatoms. The molecule has 0 radical (unpaired) electrons. The van der Waals surface area contributed by atoms with Gasteiger partial charge in [-0.3, -0.25) is 14.2 Å². The van der Waals surface area contributed by atoms with E-state index in [1.807, 2.05) is 13.0 Å². The molecule has 0 unspecified atom stereocenters. The third kappa shape index (κ3) is 4.67. The number of rotatable bonds is 7. The highest BCUT2D eigenvalue weighted by Gasteiger charge is 2.20. The van der Waals surface area contributed by atoms with Crippen molar-refractivity contribution in [1.82, 2.24) is 19.7 Å². The molecule has 0 bridgehead atoms. The molecule has 156 valence electrons. The molecule has 8 nitrogen and oxygen atoms in total. The van der Waals surface area contributed by atoms with Crippen LogP contribution in [0.3, 0.4) is 0 Å².